The molecule has 3 heteroatoms. The van der Waals surface area contributed by atoms with Crippen LogP contribution in [0.2, 0.25) is 0 Å². The summed E-state index contributed by atoms with van der Waals surface area (Å²) < 4.78 is 5.82. The van der Waals surface area contributed by atoms with Crippen LogP contribution in [0.15, 0.2) is 0 Å². The zero-order valence-corrected chi connectivity index (χ0v) is 12.9. The number of hydrogen-bond donors (Lipinski definition) is 1. The van der Waals surface area contributed by atoms with E-state index in [9.17, 15) is 0 Å². The summed E-state index contributed by atoms with van der Waals surface area (Å²) in [6.45, 7) is 8.88. The summed E-state index contributed by atoms with van der Waals surface area (Å²) in [6.07, 6.45) is 9.80. The van der Waals surface area contributed by atoms with Crippen LogP contribution in [0.1, 0.15) is 58.8 Å². The third-order valence-electron chi connectivity index (χ3n) is 4.71. The highest BCUT2D eigenvalue weighted by atomic mass is 16.5. The molecule has 1 atom stereocenters. The molecule has 0 bridgehead atoms. The van der Waals surface area contributed by atoms with Crippen molar-refractivity contribution in [2.24, 2.45) is 0 Å². The van der Waals surface area contributed by atoms with Crippen molar-refractivity contribution in [2.75, 3.05) is 26.2 Å². The summed E-state index contributed by atoms with van der Waals surface area (Å²) in [5.74, 6) is 0. The van der Waals surface area contributed by atoms with Gasteiger partial charge in [0.2, 0.25) is 0 Å². The molecule has 3 nitrogen and oxygen atoms in total. The molecule has 0 aromatic carbocycles. The number of likely N-dealkylation sites (tertiary alicyclic amines) is 1. The summed E-state index contributed by atoms with van der Waals surface area (Å²) in [6, 6.07) is 1.60. The molecule has 19 heavy (non-hydrogen) atoms. The number of hydrogen-bond acceptors (Lipinski definition) is 3. The van der Waals surface area contributed by atoms with Gasteiger partial charge < -0.3 is 10.1 Å². The van der Waals surface area contributed by atoms with E-state index >= 15 is 0 Å². The highest BCUT2D eigenvalue weighted by molar-refractivity contribution is 4.86. The Morgan fingerprint density at radius 2 is 1.89 bits per heavy atom. The molecule has 0 aromatic rings. The van der Waals surface area contributed by atoms with Crippen molar-refractivity contribution in [3.63, 3.8) is 0 Å². The molecule has 1 saturated heterocycles. The van der Waals surface area contributed by atoms with Crippen LogP contribution in [0.4, 0.5) is 0 Å². The Bertz CT molecular complexity index is 237. The van der Waals surface area contributed by atoms with E-state index in [4.69, 9.17) is 4.74 Å². The summed E-state index contributed by atoms with van der Waals surface area (Å²) in [5.41, 5.74) is 0. The highest BCUT2D eigenvalue weighted by Crippen LogP contribution is 2.26. The Balaban J connectivity index is 1.71. The molecule has 2 fully saturated rings. The number of ether oxygens (including phenoxy) is 1. The third kappa shape index (κ3) is 4.73. The maximum atomic E-state index is 5.82. The average Bonchev–Trinajstić information content (AvgIpc) is 2.46. The fraction of sp³-hybridized carbons (Fsp3) is 1.00. The normalized spacial score (nSPS) is 33.5. The molecule has 0 amide bonds. The first-order valence-electron chi connectivity index (χ1n) is 8.42. The second-order valence-corrected chi connectivity index (χ2v) is 6.17. The largest absolute Gasteiger partial charge is 0.377 e. The van der Waals surface area contributed by atoms with Gasteiger partial charge in [-0.25, -0.2) is 0 Å². The fourth-order valence-electron chi connectivity index (χ4n) is 3.66. The van der Waals surface area contributed by atoms with E-state index in [1.54, 1.807) is 0 Å². The summed E-state index contributed by atoms with van der Waals surface area (Å²) >= 11 is 0. The smallest absolute Gasteiger partial charge is 0.0702 e. The van der Waals surface area contributed by atoms with Crippen LogP contribution >= 0.6 is 0 Å². The molecule has 1 unspecified atom stereocenters. The molecule has 112 valence electrons. The predicted octanol–water partition coefficient (Wildman–Crippen LogP) is 2.80. The van der Waals surface area contributed by atoms with Gasteiger partial charge in [0, 0.05) is 25.2 Å². The van der Waals surface area contributed by atoms with Crippen LogP contribution in [0.25, 0.3) is 0 Å². The van der Waals surface area contributed by atoms with Crippen molar-refractivity contribution in [3.05, 3.63) is 0 Å². The second kappa shape index (κ2) is 8.23. The SMILES string of the molecule is CCCNC1CCC(N2CCCC(OCC)C2)CC1. The number of nitrogens with one attached hydrogen (secondary N) is 1. The van der Waals surface area contributed by atoms with Crippen molar-refractivity contribution >= 4 is 0 Å². The fourth-order valence-corrected chi connectivity index (χ4v) is 3.66. The molecule has 0 spiro atoms. The zero-order valence-electron chi connectivity index (χ0n) is 12.9. The van der Waals surface area contributed by atoms with Gasteiger partial charge in [-0.3, -0.25) is 4.90 Å². The minimum atomic E-state index is 0.495. The maximum Gasteiger partial charge on any atom is 0.0702 e. The Morgan fingerprint density at radius 3 is 2.58 bits per heavy atom. The zero-order chi connectivity index (χ0) is 13.5. The van der Waals surface area contributed by atoms with Gasteiger partial charge in [-0.05, 0) is 65.0 Å². The predicted molar refractivity (Wildman–Crippen MR) is 80.6 cm³/mol. The summed E-state index contributed by atoms with van der Waals surface area (Å²) in [5, 5.41) is 3.68. The molecule has 1 saturated carbocycles. The van der Waals surface area contributed by atoms with Gasteiger partial charge in [-0.1, -0.05) is 6.92 Å². The molecule has 1 heterocycles. The van der Waals surface area contributed by atoms with Crippen LogP contribution in [0.3, 0.4) is 0 Å². The molecular weight excluding hydrogens is 236 g/mol. The molecule has 0 aromatic heterocycles. The minimum Gasteiger partial charge on any atom is -0.377 e. The maximum absolute atomic E-state index is 5.82. The van der Waals surface area contributed by atoms with E-state index in [1.807, 2.05) is 0 Å². The molecule has 1 aliphatic carbocycles. The van der Waals surface area contributed by atoms with E-state index < -0.39 is 0 Å². The average molecular weight is 268 g/mol. The Hall–Kier alpha value is -0.120. The van der Waals surface area contributed by atoms with Gasteiger partial charge in [-0.2, -0.15) is 0 Å². The van der Waals surface area contributed by atoms with Gasteiger partial charge in [0.1, 0.15) is 0 Å². The van der Waals surface area contributed by atoms with Gasteiger partial charge in [0.15, 0.2) is 0 Å². The first-order valence-corrected chi connectivity index (χ1v) is 8.42. The van der Waals surface area contributed by atoms with Gasteiger partial charge in [0.05, 0.1) is 6.10 Å². The number of rotatable bonds is 6. The van der Waals surface area contributed by atoms with Gasteiger partial charge in [-0.15, -0.1) is 0 Å². The van der Waals surface area contributed by atoms with Crippen LogP contribution in [-0.2, 0) is 4.74 Å². The quantitative estimate of drug-likeness (QED) is 0.801. The first-order chi connectivity index (χ1) is 9.33. The Morgan fingerprint density at radius 1 is 1.11 bits per heavy atom. The van der Waals surface area contributed by atoms with Crippen LogP contribution in [-0.4, -0.2) is 49.3 Å². The molecule has 0 radical (unpaired) electrons. The Kier molecular flexibility index (Phi) is 6.62. The highest BCUT2D eigenvalue weighted by Gasteiger charge is 2.29. The van der Waals surface area contributed by atoms with Crippen LogP contribution in [0, 0.1) is 0 Å². The molecule has 2 aliphatic rings. The Labute approximate surface area is 119 Å². The lowest BCUT2D eigenvalue weighted by atomic mass is 9.89. The molecule has 1 N–H and O–H groups in total. The number of piperidine rings is 1. The standard InChI is InChI=1S/C16H32N2O/c1-3-11-17-14-7-9-15(10-8-14)18-12-5-6-16(13-18)19-4-2/h14-17H,3-13H2,1-2H3. The monoisotopic (exact) mass is 268 g/mol. The second-order valence-electron chi connectivity index (χ2n) is 6.17. The van der Waals surface area contributed by atoms with Crippen molar-refractivity contribution in [1.29, 1.82) is 0 Å². The van der Waals surface area contributed by atoms with Crippen molar-refractivity contribution in [2.45, 2.75) is 77.0 Å². The third-order valence-corrected chi connectivity index (χ3v) is 4.71. The van der Waals surface area contributed by atoms with Crippen molar-refractivity contribution < 1.29 is 4.74 Å². The van der Waals surface area contributed by atoms with E-state index in [1.165, 1.54) is 64.6 Å². The summed E-state index contributed by atoms with van der Waals surface area (Å²) in [4.78, 5) is 2.71. The lowest BCUT2D eigenvalue weighted by Crippen LogP contribution is -2.48. The van der Waals surface area contributed by atoms with Crippen molar-refractivity contribution in [1.82, 2.24) is 10.2 Å². The lowest BCUT2D eigenvalue weighted by Gasteiger charge is -2.41. The topological polar surface area (TPSA) is 24.5 Å². The van der Waals surface area contributed by atoms with E-state index in [0.29, 0.717) is 6.10 Å². The van der Waals surface area contributed by atoms with E-state index in [2.05, 4.69) is 24.1 Å². The van der Waals surface area contributed by atoms with E-state index in [-0.39, 0.29) is 0 Å². The molecular formula is C16H32N2O. The van der Waals surface area contributed by atoms with Crippen molar-refractivity contribution in [3.8, 4) is 0 Å². The minimum absolute atomic E-state index is 0.495. The van der Waals surface area contributed by atoms with Crippen LogP contribution < -0.4 is 5.32 Å². The van der Waals surface area contributed by atoms with Crippen LogP contribution in [0.5, 0.6) is 0 Å². The molecule has 2 rings (SSSR count). The van der Waals surface area contributed by atoms with E-state index in [0.717, 1.165) is 18.7 Å². The van der Waals surface area contributed by atoms with Gasteiger partial charge >= 0.3 is 0 Å². The number of nitrogens with zero attached hydrogens (tertiary/aromatic N) is 1. The summed E-state index contributed by atoms with van der Waals surface area (Å²) in [7, 11) is 0. The molecule has 1 aliphatic heterocycles. The first kappa shape index (κ1) is 15.3. The van der Waals surface area contributed by atoms with Gasteiger partial charge in [0.25, 0.3) is 0 Å². The lowest BCUT2D eigenvalue weighted by molar-refractivity contribution is -0.0136.